The third-order valence-corrected chi connectivity index (χ3v) is 4.45. The Kier molecular flexibility index (Phi) is 5.25. The van der Waals surface area contributed by atoms with Gasteiger partial charge in [-0.3, -0.25) is 0 Å². The summed E-state index contributed by atoms with van der Waals surface area (Å²) < 4.78 is 12.3. The Morgan fingerprint density at radius 2 is 2.26 bits per heavy atom. The van der Waals surface area contributed by atoms with Gasteiger partial charge >= 0.3 is 0 Å². The lowest BCUT2D eigenvalue weighted by atomic mass is 9.87. The van der Waals surface area contributed by atoms with Crippen LogP contribution in [0.3, 0.4) is 0 Å². The van der Waals surface area contributed by atoms with Gasteiger partial charge in [0.25, 0.3) is 0 Å². The maximum absolute atomic E-state index is 6.44. The minimum Gasteiger partial charge on any atom is -0.494 e. The predicted molar refractivity (Wildman–Crippen MR) is 80.4 cm³/mol. The molecule has 19 heavy (non-hydrogen) atoms. The molecule has 4 heteroatoms. The first kappa shape index (κ1) is 14.8. The molecule has 0 spiro atoms. The number of nitrogens with two attached hydrogens (primary N) is 1. The van der Waals surface area contributed by atoms with E-state index in [1.165, 1.54) is 0 Å². The Morgan fingerprint density at radius 3 is 2.89 bits per heavy atom. The van der Waals surface area contributed by atoms with E-state index in [1.54, 1.807) is 0 Å². The molecule has 0 saturated carbocycles. The van der Waals surface area contributed by atoms with E-state index in [4.69, 9.17) is 15.2 Å². The highest BCUT2D eigenvalue weighted by Crippen LogP contribution is 2.37. The number of hydrogen-bond acceptors (Lipinski definition) is 3. The fourth-order valence-electron chi connectivity index (χ4n) is 2.76. The summed E-state index contributed by atoms with van der Waals surface area (Å²) >= 11 is 3.61. The van der Waals surface area contributed by atoms with Gasteiger partial charge in [0, 0.05) is 23.0 Å². The van der Waals surface area contributed by atoms with Gasteiger partial charge in [-0.15, -0.1) is 0 Å². The number of ether oxygens (including phenoxy) is 2. The van der Waals surface area contributed by atoms with Crippen molar-refractivity contribution in [3.63, 3.8) is 0 Å². The van der Waals surface area contributed by atoms with Gasteiger partial charge in [-0.25, -0.2) is 0 Å². The summed E-state index contributed by atoms with van der Waals surface area (Å²) in [5, 5.41) is 0. The van der Waals surface area contributed by atoms with Crippen molar-refractivity contribution in [3.8, 4) is 5.75 Å². The van der Waals surface area contributed by atoms with Crippen LogP contribution >= 0.6 is 15.9 Å². The SMILES string of the molecule is CCOc1ccc(C(N)C2CCOC2CC)c(Br)c1. The molecule has 1 aromatic carbocycles. The fraction of sp³-hybridized carbons (Fsp3) is 0.600. The maximum atomic E-state index is 6.44. The van der Waals surface area contributed by atoms with Crippen LogP contribution in [0.4, 0.5) is 0 Å². The van der Waals surface area contributed by atoms with Crippen molar-refractivity contribution in [3.05, 3.63) is 28.2 Å². The molecule has 1 aliphatic rings. The average molecular weight is 328 g/mol. The Morgan fingerprint density at radius 1 is 1.47 bits per heavy atom. The predicted octanol–water partition coefficient (Wildman–Crippen LogP) is 3.66. The van der Waals surface area contributed by atoms with E-state index >= 15 is 0 Å². The molecule has 1 saturated heterocycles. The van der Waals surface area contributed by atoms with Gasteiger partial charge in [-0.2, -0.15) is 0 Å². The van der Waals surface area contributed by atoms with E-state index in [0.29, 0.717) is 12.5 Å². The molecule has 0 amide bonds. The summed E-state index contributed by atoms with van der Waals surface area (Å²) in [7, 11) is 0. The van der Waals surface area contributed by atoms with Crippen LogP contribution in [0, 0.1) is 5.92 Å². The highest BCUT2D eigenvalue weighted by Gasteiger charge is 2.33. The van der Waals surface area contributed by atoms with E-state index in [-0.39, 0.29) is 12.1 Å². The highest BCUT2D eigenvalue weighted by atomic mass is 79.9. The highest BCUT2D eigenvalue weighted by molar-refractivity contribution is 9.10. The van der Waals surface area contributed by atoms with Crippen molar-refractivity contribution in [2.75, 3.05) is 13.2 Å². The molecule has 1 aromatic rings. The smallest absolute Gasteiger partial charge is 0.120 e. The van der Waals surface area contributed by atoms with Crippen LogP contribution in [-0.4, -0.2) is 19.3 Å². The molecule has 0 aliphatic carbocycles. The van der Waals surface area contributed by atoms with Crippen molar-refractivity contribution >= 4 is 15.9 Å². The molecule has 3 atom stereocenters. The largest absolute Gasteiger partial charge is 0.494 e. The monoisotopic (exact) mass is 327 g/mol. The number of halogens is 1. The molecular formula is C15H22BrNO2. The van der Waals surface area contributed by atoms with Crippen LogP contribution in [0.15, 0.2) is 22.7 Å². The fourth-order valence-corrected chi connectivity index (χ4v) is 3.38. The lowest BCUT2D eigenvalue weighted by Gasteiger charge is -2.25. The summed E-state index contributed by atoms with van der Waals surface area (Å²) in [5.41, 5.74) is 7.58. The standard InChI is InChI=1S/C15H22BrNO2/c1-3-14-12(7-8-19-14)15(17)11-6-5-10(18-4-2)9-13(11)16/h5-6,9,12,14-15H,3-4,7-8,17H2,1-2H3. The summed E-state index contributed by atoms with van der Waals surface area (Å²) in [5.74, 6) is 1.28. The van der Waals surface area contributed by atoms with Crippen molar-refractivity contribution in [2.45, 2.75) is 38.8 Å². The zero-order chi connectivity index (χ0) is 13.8. The summed E-state index contributed by atoms with van der Waals surface area (Å²) in [6.07, 6.45) is 2.35. The van der Waals surface area contributed by atoms with E-state index in [1.807, 2.05) is 19.1 Å². The first-order valence-electron chi connectivity index (χ1n) is 6.96. The van der Waals surface area contributed by atoms with Crippen molar-refractivity contribution < 1.29 is 9.47 Å². The zero-order valence-corrected chi connectivity index (χ0v) is 13.2. The quantitative estimate of drug-likeness (QED) is 0.897. The number of rotatable bonds is 5. The summed E-state index contributed by atoms with van der Waals surface area (Å²) in [4.78, 5) is 0. The Labute approximate surface area is 123 Å². The topological polar surface area (TPSA) is 44.5 Å². The summed E-state index contributed by atoms with van der Waals surface area (Å²) in [6.45, 7) is 5.63. The van der Waals surface area contributed by atoms with Crippen LogP contribution in [-0.2, 0) is 4.74 Å². The van der Waals surface area contributed by atoms with Crippen molar-refractivity contribution in [1.29, 1.82) is 0 Å². The maximum Gasteiger partial charge on any atom is 0.120 e. The molecular weight excluding hydrogens is 306 g/mol. The van der Waals surface area contributed by atoms with E-state index < -0.39 is 0 Å². The third-order valence-electron chi connectivity index (χ3n) is 3.77. The van der Waals surface area contributed by atoms with Crippen LogP contribution in [0.2, 0.25) is 0 Å². The summed E-state index contributed by atoms with van der Waals surface area (Å²) in [6, 6.07) is 6.05. The molecule has 1 aliphatic heterocycles. The van der Waals surface area contributed by atoms with Gasteiger partial charge in [0.05, 0.1) is 12.7 Å². The Hall–Kier alpha value is -0.580. The molecule has 3 nitrogen and oxygen atoms in total. The molecule has 1 heterocycles. The van der Waals surface area contributed by atoms with Gasteiger partial charge in [-0.1, -0.05) is 28.9 Å². The van der Waals surface area contributed by atoms with Gasteiger partial charge in [0.2, 0.25) is 0 Å². The zero-order valence-electron chi connectivity index (χ0n) is 11.6. The minimum atomic E-state index is 0.0116. The lowest BCUT2D eigenvalue weighted by molar-refractivity contribution is 0.0813. The molecule has 106 valence electrons. The van der Waals surface area contributed by atoms with Gasteiger partial charge in [0.15, 0.2) is 0 Å². The van der Waals surface area contributed by atoms with Crippen LogP contribution < -0.4 is 10.5 Å². The third kappa shape index (κ3) is 3.30. The molecule has 0 radical (unpaired) electrons. The second-order valence-corrected chi connectivity index (χ2v) is 5.77. The van der Waals surface area contributed by atoms with Crippen molar-refractivity contribution in [2.24, 2.45) is 11.7 Å². The van der Waals surface area contributed by atoms with Gasteiger partial charge < -0.3 is 15.2 Å². The average Bonchev–Trinajstić information content (AvgIpc) is 2.87. The lowest BCUT2D eigenvalue weighted by Crippen LogP contribution is -2.28. The van der Waals surface area contributed by atoms with Crippen LogP contribution in [0.1, 0.15) is 38.3 Å². The molecule has 2 N–H and O–H groups in total. The number of hydrogen-bond donors (Lipinski definition) is 1. The molecule has 3 unspecified atom stereocenters. The first-order valence-corrected chi connectivity index (χ1v) is 7.76. The van der Waals surface area contributed by atoms with Crippen LogP contribution in [0.5, 0.6) is 5.75 Å². The molecule has 1 fully saturated rings. The first-order chi connectivity index (χ1) is 9.17. The van der Waals surface area contributed by atoms with E-state index in [2.05, 4.69) is 28.9 Å². The molecule has 2 rings (SSSR count). The van der Waals surface area contributed by atoms with E-state index in [0.717, 1.165) is 35.2 Å². The van der Waals surface area contributed by atoms with Crippen LogP contribution in [0.25, 0.3) is 0 Å². The van der Waals surface area contributed by atoms with Gasteiger partial charge in [-0.05, 0) is 37.5 Å². The second kappa shape index (κ2) is 6.73. The Bertz CT molecular complexity index is 425. The van der Waals surface area contributed by atoms with Gasteiger partial charge in [0.1, 0.15) is 5.75 Å². The Balaban J connectivity index is 2.16. The van der Waals surface area contributed by atoms with Crippen molar-refractivity contribution in [1.82, 2.24) is 0 Å². The number of benzene rings is 1. The second-order valence-electron chi connectivity index (χ2n) is 4.91. The molecule has 0 bridgehead atoms. The van der Waals surface area contributed by atoms with E-state index in [9.17, 15) is 0 Å². The molecule has 0 aromatic heterocycles. The minimum absolute atomic E-state index is 0.0116. The normalized spacial score (nSPS) is 24.4.